The molecule has 0 amide bonds. The molecule has 0 aliphatic carbocycles. The number of nitrogen functional groups attached to an aromatic ring is 1. The fraction of sp³-hybridized carbons (Fsp3) is 0.294. The van der Waals surface area contributed by atoms with E-state index in [0.29, 0.717) is 0 Å². The van der Waals surface area contributed by atoms with Crippen LogP contribution in [-0.4, -0.2) is 33.2 Å². The van der Waals surface area contributed by atoms with Gasteiger partial charge in [-0.05, 0) is 26.0 Å². The lowest BCUT2D eigenvalue weighted by molar-refractivity contribution is -0.141. The molecule has 0 saturated carbocycles. The summed E-state index contributed by atoms with van der Waals surface area (Å²) >= 11 is 1.29. The van der Waals surface area contributed by atoms with Crippen molar-refractivity contribution in [2.45, 2.75) is 24.0 Å². The summed E-state index contributed by atoms with van der Waals surface area (Å²) in [5.41, 5.74) is 4.71. The molecule has 1 aromatic heterocycles. The molecule has 8 nitrogen and oxygen atoms in total. The van der Waals surface area contributed by atoms with Crippen LogP contribution in [0.2, 0.25) is 0 Å². The average Bonchev–Trinajstić information content (AvgIpc) is 2.59. The zero-order valence-corrected chi connectivity index (χ0v) is 15.4. The predicted octanol–water partition coefficient (Wildman–Crippen LogP) is 0.871. The summed E-state index contributed by atoms with van der Waals surface area (Å²) in [6, 6.07) is 7.64. The van der Waals surface area contributed by atoms with Gasteiger partial charge in [0.25, 0.3) is 5.56 Å². The van der Waals surface area contributed by atoms with E-state index < -0.39 is 40.4 Å². The highest BCUT2D eigenvalue weighted by Gasteiger charge is 2.22. The fourth-order valence-corrected chi connectivity index (χ4v) is 2.97. The van der Waals surface area contributed by atoms with Crippen LogP contribution >= 0.6 is 11.8 Å². The standard InChI is InChI=1S/C17H19N3O5S/c1-9-4-6-11(7-5-9)26-10(2)16(23)25-8-12(21)13-14(18)20(3)17(24)19-15(13)22/h4-7,10H,8,18H2,1-3H3,(H,19,22,24)/t10-/m1/s1. The largest absolute Gasteiger partial charge is 0.456 e. The average molecular weight is 377 g/mol. The lowest BCUT2D eigenvalue weighted by atomic mass is 10.2. The van der Waals surface area contributed by atoms with Gasteiger partial charge in [-0.15, -0.1) is 11.8 Å². The van der Waals surface area contributed by atoms with Crippen LogP contribution in [-0.2, 0) is 16.6 Å². The normalized spacial score (nSPS) is 11.8. The molecule has 0 bridgehead atoms. The number of hydrogen-bond acceptors (Lipinski definition) is 7. The maximum absolute atomic E-state index is 12.2. The number of thioether (sulfide) groups is 1. The van der Waals surface area contributed by atoms with E-state index in [0.717, 1.165) is 15.0 Å². The molecule has 2 aromatic rings. The van der Waals surface area contributed by atoms with Crippen molar-refractivity contribution in [3.8, 4) is 0 Å². The maximum atomic E-state index is 12.2. The molecule has 0 aliphatic heterocycles. The van der Waals surface area contributed by atoms with Gasteiger partial charge in [0.1, 0.15) is 16.6 Å². The second kappa shape index (κ2) is 8.05. The summed E-state index contributed by atoms with van der Waals surface area (Å²) in [5.74, 6) is -1.65. The molecule has 0 saturated heterocycles. The highest BCUT2D eigenvalue weighted by atomic mass is 32.2. The molecule has 0 fully saturated rings. The molecule has 138 valence electrons. The molecule has 2 rings (SSSR count). The van der Waals surface area contributed by atoms with Crippen LogP contribution in [0.4, 0.5) is 5.82 Å². The van der Waals surface area contributed by atoms with Crippen molar-refractivity contribution in [2.24, 2.45) is 7.05 Å². The van der Waals surface area contributed by atoms with E-state index in [1.54, 1.807) is 6.92 Å². The van der Waals surface area contributed by atoms with Gasteiger partial charge < -0.3 is 10.5 Å². The molecule has 0 spiro atoms. The highest BCUT2D eigenvalue weighted by molar-refractivity contribution is 8.00. The molecule has 1 atom stereocenters. The Morgan fingerprint density at radius 1 is 1.27 bits per heavy atom. The molecule has 26 heavy (non-hydrogen) atoms. The van der Waals surface area contributed by atoms with Gasteiger partial charge in [0.2, 0.25) is 5.78 Å². The number of nitrogens with zero attached hydrogens (tertiary/aromatic N) is 1. The van der Waals surface area contributed by atoms with E-state index in [1.807, 2.05) is 36.2 Å². The second-order valence-electron chi connectivity index (χ2n) is 5.68. The van der Waals surface area contributed by atoms with E-state index in [2.05, 4.69) is 0 Å². The van der Waals surface area contributed by atoms with Crippen LogP contribution in [0.1, 0.15) is 22.8 Å². The molecule has 9 heteroatoms. The van der Waals surface area contributed by atoms with Crippen molar-refractivity contribution in [3.63, 3.8) is 0 Å². The number of aromatic amines is 1. The molecule has 0 aliphatic rings. The number of ketones is 1. The van der Waals surface area contributed by atoms with Crippen molar-refractivity contribution in [1.29, 1.82) is 0 Å². The molecule has 0 radical (unpaired) electrons. The summed E-state index contributed by atoms with van der Waals surface area (Å²) < 4.78 is 5.93. The lowest BCUT2D eigenvalue weighted by Crippen LogP contribution is -2.36. The van der Waals surface area contributed by atoms with Gasteiger partial charge in [-0.2, -0.15) is 0 Å². The fourth-order valence-electron chi connectivity index (χ4n) is 2.10. The Kier molecular flexibility index (Phi) is 6.04. The number of rotatable bonds is 6. The number of H-pyrrole nitrogens is 1. The number of carbonyl (C=O) groups is 2. The van der Waals surface area contributed by atoms with Gasteiger partial charge in [-0.3, -0.25) is 23.9 Å². The molecule has 1 aromatic carbocycles. The molecular formula is C17H19N3O5S. The third kappa shape index (κ3) is 4.42. The van der Waals surface area contributed by atoms with Crippen LogP contribution in [0.15, 0.2) is 38.8 Å². The molecule has 1 heterocycles. The van der Waals surface area contributed by atoms with E-state index in [1.165, 1.54) is 18.8 Å². The number of hydrogen-bond donors (Lipinski definition) is 2. The molecule has 0 unspecified atom stereocenters. The maximum Gasteiger partial charge on any atom is 0.329 e. The summed E-state index contributed by atoms with van der Waals surface area (Å²) in [7, 11) is 1.32. The SMILES string of the molecule is Cc1ccc(S[C@H](C)C(=O)OCC(=O)c2c(N)n(C)c(=O)[nH]c2=O)cc1. The van der Waals surface area contributed by atoms with Crippen molar-refractivity contribution in [2.75, 3.05) is 12.3 Å². The molecular weight excluding hydrogens is 358 g/mol. The Labute approximate surface area is 153 Å². The smallest absolute Gasteiger partial charge is 0.329 e. The van der Waals surface area contributed by atoms with Crippen LogP contribution in [0.25, 0.3) is 0 Å². The molecule has 3 N–H and O–H groups in total. The first-order valence-electron chi connectivity index (χ1n) is 7.72. The number of carbonyl (C=O) groups excluding carboxylic acids is 2. The minimum absolute atomic E-state index is 0.276. The number of anilines is 1. The van der Waals surface area contributed by atoms with Crippen molar-refractivity contribution >= 4 is 29.3 Å². The Morgan fingerprint density at radius 2 is 1.88 bits per heavy atom. The first-order valence-corrected chi connectivity index (χ1v) is 8.60. The number of Topliss-reactive ketones (excluding diaryl/α,β-unsaturated/α-hetero) is 1. The Balaban J connectivity index is 2.02. The van der Waals surface area contributed by atoms with Crippen molar-refractivity contribution < 1.29 is 14.3 Å². The van der Waals surface area contributed by atoms with Gasteiger partial charge in [-0.1, -0.05) is 17.7 Å². The van der Waals surface area contributed by atoms with E-state index in [-0.39, 0.29) is 5.82 Å². The van der Waals surface area contributed by atoms with Crippen molar-refractivity contribution in [1.82, 2.24) is 9.55 Å². The predicted molar refractivity (Wildman–Crippen MR) is 98.5 cm³/mol. The Bertz CT molecular complexity index is 946. The van der Waals surface area contributed by atoms with Crippen LogP contribution < -0.4 is 17.0 Å². The first-order chi connectivity index (χ1) is 12.2. The minimum atomic E-state index is -0.909. The zero-order chi connectivity index (χ0) is 19.4. The zero-order valence-electron chi connectivity index (χ0n) is 14.6. The number of benzene rings is 1. The van der Waals surface area contributed by atoms with Gasteiger partial charge in [-0.25, -0.2) is 4.79 Å². The van der Waals surface area contributed by atoms with Gasteiger partial charge in [0.15, 0.2) is 6.61 Å². The third-order valence-electron chi connectivity index (χ3n) is 3.66. The van der Waals surface area contributed by atoms with Gasteiger partial charge >= 0.3 is 11.7 Å². The van der Waals surface area contributed by atoms with E-state index >= 15 is 0 Å². The highest BCUT2D eigenvalue weighted by Crippen LogP contribution is 2.24. The summed E-state index contributed by atoms with van der Waals surface area (Å²) in [5, 5.41) is -0.540. The second-order valence-corrected chi connectivity index (χ2v) is 7.10. The summed E-state index contributed by atoms with van der Waals surface area (Å²) in [6.45, 7) is 2.98. The van der Waals surface area contributed by atoms with E-state index in [4.69, 9.17) is 10.5 Å². The number of aromatic nitrogens is 2. The summed E-state index contributed by atoms with van der Waals surface area (Å²) in [4.78, 5) is 50.3. The Morgan fingerprint density at radius 3 is 2.50 bits per heavy atom. The number of esters is 1. The van der Waals surface area contributed by atoms with Gasteiger partial charge in [0, 0.05) is 11.9 Å². The topological polar surface area (TPSA) is 124 Å². The third-order valence-corrected chi connectivity index (χ3v) is 4.75. The number of ether oxygens (including phenoxy) is 1. The summed E-state index contributed by atoms with van der Waals surface area (Å²) in [6.07, 6.45) is 0. The van der Waals surface area contributed by atoms with E-state index in [9.17, 15) is 19.2 Å². The van der Waals surface area contributed by atoms with Gasteiger partial charge in [0.05, 0.1) is 0 Å². The Hall–Kier alpha value is -2.81. The van der Waals surface area contributed by atoms with Crippen LogP contribution in [0, 0.1) is 6.92 Å². The number of aryl methyl sites for hydroxylation is 1. The first kappa shape index (κ1) is 19.5. The monoisotopic (exact) mass is 377 g/mol. The van der Waals surface area contributed by atoms with Crippen LogP contribution in [0.5, 0.6) is 0 Å². The van der Waals surface area contributed by atoms with Crippen LogP contribution in [0.3, 0.4) is 0 Å². The number of nitrogens with one attached hydrogen (secondary N) is 1. The minimum Gasteiger partial charge on any atom is -0.456 e. The van der Waals surface area contributed by atoms with Crippen molar-refractivity contribution in [3.05, 3.63) is 56.2 Å². The number of nitrogens with two attached hydrogens (primary N) is 1. The lowest BCUT2D eigenvalue weighted by Gasteiger charge is -2.12. The quantitative estimate of drug-likeness (QED) is 0.435.